The highest BCUT2D eigenvalue weighted by atomic mass is 16.2. The summed E-state index contributed by atoms with van der Waals surface area (Å²) in [6.07, 6.45) is 4.67. The van der Waals surface area contributed by atoms with E-state index in [2.05, 4.69) is 22.0 Å². The Morgan fingerprint density at radius 1 is 1.48 bits per heavy atom. The number of hydrogen-bond acceptors (Lipinski definition) is 5. The van der Waals surface area contributed by atoms with Crippen molar-refractivity contribution in [2.45, 2.75) is 25.8 Å². The molecule has 0 aromatic carbocycles. The molecule has 1 fully saturated rings. The van der Waals surface area contributed by atoms with Crippen LogP contribution in [-0.4, -0.2) is 49.5 Å². The van der Waals surface area contributed by atoms with Gasteiger partial charge in [0.15, 0.2) is 0 Å². The summed E-state index contributed by atoms with van der Waals surface area (Å²) in [5, 5.41) is 2.65. The number of fused-ring (bicyclic) bond motifs is 1. The minimum Gasteiger partial charge on any atom is -0.337 e. The lowest BCUT2D eigenvalue weighted by Crippen LogP contribution is -2.36. The minimum absolute atomic E-state index is 0.0273. The first-order valence-corrected chi connectivity index (χ1v) is 7.07. The number of aromatic nitrogens is 4. The number of likely N-dealkylation sites (tertiary alicyclic amines) is 1. The van der Waals surface area contributed by atoms with Crippen LogP contribution in [0.3, 0.4) is 0 Å². The van der Waals surface area contributed by atoms with Crippen molar-refractivity contribution in [3.63, 3.8) is 0 Å². The van der Waals surface area contributed by atoms with Crippen LogP contribution in [0, 0.1) is 5.92 Å². The van der Waals surface area contributed by atoms with Crippen molar-refractivity contribution in [2.75, 3.05) is 13.1 Å². The number of aromatic amines is 1. The fourth-order valence-electron chi connectivity index (χ4n) is 2.85. The van der Waals surface area contributed by atoms with E-state index in [1.165, 1.54) is 12.5 Å². The summed E-state index contributed by atoms with van der Waals surface area (Å²) < 4.78 is 1.16. The molecule has 3 heterocycles. The van der Waals surface area contributed by atoms with Gasteiger partial charge in [-0.3, -0.25) is 14.7 Å². The largest absolute Gasteiger partial charge is 0.337 e. The molecule has 112 valence electrons. The number of nitrogens with two attached hydrogens (primary N) is 1. The zero-order valence-electron chi connectivity index (χ0n) is 11.8. The molecule has 2 aromatic heterocycles. The van der Waals surface area contributed by atoms with E-state index in [9.17, 15) is 9.59 Å². The average molecular weight is 290 g/mol. The Labute approximate surface area is 121 Å². The molecule has 0 bridgehead atoms. The van der Waals surface area contributed by atoms with Crippen LogP contribution in [0.4, 0.5) is 0 Å². The van der Waals surface area contributed by atoms with Crippen molar-refractivity contribution in [3.8, 4) is 0 Å². The predicted molar refractivity (Wildman–Crippen MR) is 75.9 cm³/mol. The third-order valence-corrected chi connectivity index (χ3v) is 3.98. The van der Waals surface area contributed by atoms with Gasteiger partial charge in [-0.25, -0.2) is 9.97 Å². The third-order valence-electron chi connectivity index (χ3n) is 3.98. The molecule has 1 amide bonds. The van der Waals surface area contributed by atoms with E-state index in [0.29, 0.717) is 19.0 Å². The van der Waals surface area contributed by atoms with E-state index in [0.717, 1.165) is 17.4 Å². The number of carbonyl (C=O) groups excluding carboxylic acids is 1. The van der Waals surface area contributed by atoms with Crippen LogP contribution >= 0.6 is 0 Å². The smallest absolute Gasteiger partial charge is 0.286 e. The molecule has 2 atom stereocenters. The van der Waals surface area contributed by atoms with E-state index in [-0.39, 0.29) is 23.3 Å². The molecule has 0 spiro atoms. The van der Waals surface area contributed by atoms with Gasteiger partial charge >= 0.3 is 0 Å². The van der Waals surface area contributed by atoms with Crippen molar-refractivity contribution in [1.29, 1.82) is 0 Å². The van der Waals surface area contributed by atoms with E-state index in [4.69, 9.17) is 5.73 Å². The summed E-state index contributed by atoms with van der Waals surface area (Å²) in [5.74, 6) is 0.231. The van der Waals surface area contributed by atoms with E-state index in [1.807, 2.05) is 0 Å². The number of hydrogen-bond donors (Lipinski definition) is 2. The second-order valence-corrected chi connectivity index (χ2v) is 5.42. The zero-order chi connectivity index (χ0) is 15.0. The highest BCUT2D eigenvalue weighted by Crippen LogP contribution is 2.21. The Morgan fingerprint density at radius 2 is 2.29 bits per heavy atom. The molecule has 1 aliphatic rings. The predicted octanol–water partition coefficient (Wildman–Crippen LogP) is -0.383. The standard InChI is InChI=1S/C13H18N6O2/c1-2-3-8-5-18(6-10(8)14)11(20)9-4-15-13-16-7-17-19(13)12(9)21/h4,7-8,10H,2-3,5-6,14H2,1H3,(H,15,16,17)/t8-,10-/m1/s1. The number of rotatable bonds is 3. The van der Waals surface area contributed by atoms with Crippen LogP contribution in [0.2, 0.25) is 0 Å². The molecule has 21 heavy (non-hydrogen) atoms. The summed E-state index contributed by atoms with van der Waals surface area (Å²) in [6.45, 7) is 3.17. The number of amides is 1. The first-order valence-electron chi connectivity index (χ1n) is 7.07. The molecule has 2 aromatic rings. The topological polar surface area (TPSA) is 109 Å². The highest BCUT2D eigenvalue weighted by molar-refractivity contribution is 5.94. The van der Waals surface area contributed by atoms with Gasteiger partial charge in [0.1, 0.15) is 11.9 Å². The maximum atomic E-state index is 12.5. The zero-order valence-corrected chi connectivity index (χ0v) is 11.8. The van der Waals surface area contributed by atoms with Crippen molar-refractivity contribution < 1.29 is 4.79 Å². The molecular formula is C13H18N6O2. The molecule has 8 nitrogen and oxygen atoms in total. The lowest BCUT2D eigenvalue weighted by atomic mass is 9.99. The van der Waals surface area contributed by atoms with Crippen LogP contribution in [0.15, 0.2) is 17.3 Å². The molecule has 3 rings (SSSR count). The molecular weight excluding hydrogens is 272 g/mol. The average Bonchev–Trinajstić information content (AvgIpc) is 3.07. The van der Waals surface area contributed by atoms with E-state index in [1.54, 1.807) is 4.90 Å². The minimum atomic E-state index is -0.435. The molecule has 0 saturated carbocycles. The number of H-pyrrole nitrogens is 1. The summed E-state index contributed by atoms with van der Waals surface area (Å²) >= 11 is 0. The van der Waals surface area contributed by atoms with Crippen molar-refractivity contribution in [3.05, 3.63) is 28.4 Å². The van der Waals surface area contributed by atoms with Gasteiger partial charge in [-0.1, -0.05) is 13.3 Å². The highest BCUT2D eigenvalue weighted by Gasteiger charge is 2.33. The SMILES string of the molecule is CCC[C@@H]1CN(C(=O)c2cnc3nc[nH]n3c2=O)C[C@H]1N. The van der Waals surface area contributed by atoms with Gasteiger partial charge in [0, 0.05) is 25.3 Å². The molecule has 0 unspecified atom stereocenters. The molecule has 1 saturated heterocycles. The molecule has 0 radical (unpaired) electrons. The summed E-state index contributed by atoms with van der Waals surface area (Å²) in [6, 6.07) is -0.0273. The summed E-state index contributed by atoms with van der Waals surface area (Å²) in [5.41, 5.74) is 5.68. The van der Waals surface area contributed by atoms with Gasteiger partial charge in [-0.2, -0.15) is 4.52 Å². The molecule has 8 heteroatoms. The maximum Gasteiger partial charge on any atom is 0.286 e. The second kappa shape index (κ2) is 5.28. The van der Waals surface area contributed by atoms with E-state index >= 15 is 0 Å². The van der Waals surface area contributed by atoms with Crippen LogP contribution in [-0.2, 0) is 0 Å². The first-order chi connectivity index (χ1) is 10.1. The molecule has 3 N–H and O–H groups in total. The number of carbonyl (C=O) groups is 1. The monoisotopic (exact) mass is 290 g/mol. The third kappa shape index (κ3) is 2.31. The van der Waals surface area contributed by atoms with Crippen LogP contribution < -0.4 is 11.3 Å². The van der Waals surface area contributed by atoms with Gasteiger partial charge < -0.3 is 10.6 Å². The van der Waals surface area contributed by atoms with Crippen LogP contribution in [0.25, 0.3) is 5.78 Å². The van der Waals surface area contributed by atoms with Gasteiger partial charge in [-0.05, 0) is 12.3 Å². The van der Waals surface area contributed by atoms with Gasteiger partial charge in [0.2, 0.25) is 0 Å². The summed E-state index contributed by atoms with van der Waals surface area (Å²) in [4.78, 5) is 34.3. The van der Waals surface area contributed by atoms with Crippen molar-refractivity contribution in [1.82, 2.24) is 24.5 Å². The summed E-state index contributed by atoms with van der Waals surface area (Å²) in [7, 11) is 0. The molecule has 0 aliphatic carbocycles. The normalized spacial score (nSPS) is 22.1. The maximum absolute atomic E-state index is 12.5. The van der Waals surface area contributed by atoms with Gasteiger partial charge in [0.25, 0.3) is 17.2 Å². The van der Waals surface area contributed by atoms with Gasteiger partial charge in [0.05, 0.1) is 0 Å². The Morgan fingerprint density at radius 3 is 3.05 bits per heavy atom. The fourth-order valence-corrected chi connectivity index (χ4v) is 2.85. The van der Waals surface area contributed by atoms with Crippen LogP contribution in [0.5, 0.6) is 0 Å². The Kier molecular flexibility index (Phi) is 3.46. The molecule has 1 aliphatic heterocycles. The first kappa shape index (κ1) is 13.7. The lowest BCUT2D eigenvalue weighted by Gasteiger charge is -2.15. The van der Waals surface area contributed by atoms with Crippen molar-refractivity contribution >= 4 is 11.7 Å². The van der Waals surface area contributed by atoms with Crippen molar-refractivity contribution in [2.24, 2.45) is 11.7 Å². The lowest BCUT2D eigenvalue weighted by molar-refractivity contribution is 0.0783. The van der Waals surface area contributed by atoms with Gasteiger partial charge in [-0.15, -0.1) is 0 Å². The second-order valence-electron chi connectivity index (χ2n) is 5.42. The quantitative estimate of drug-likeness (QED) is 0.800. The van der Waals surface area contributed by atoms with E-state index < -0.39 is 5.56 Å². The number of nitrogens with zero attached hydrogens (tertiary/aromatic N) is 4. The Balaban J connectivity index is 1.88. The fraction of sp³-hybridized carbons (Fsp3) is 0.538. The van der Waals surface area contributed by atoms with Crippen LogP contribution in [0.1, 0.15) is 30.1 Å². The Hall–Kier alpha value is -2.22. The Bertz CT molecular complexity index is 721. The number of nitrogens with one attached hydrogen (secondary N) is 1.